The predicted octanol–water partition coefficient (Wildman–Crippen LogP) is 2.44. The molecule has 0 unspecified atom stereocenters. The van der Waals surface area contributed by atoms with Crippen molar-refractivity contribution >= 4 is 23.3 Å². The van der Waals surface area contributed by atoms with E-state index in [1.807, 2.05) is 0 Å². The monoisotopic (exact) mass is 292 g/mol. The Morgan fingerprint density at radius 3 is 2.70 bits per heavy atom. The number of hydrogen-bond donors (Lipinski definition) is 1. The molecule has 6 heteroatoms. The van der Waals surface area contributed by atoms with Crippen molar-refractivity contribution in [1.82, 2.24) is 4.98 Å². The summed E-state index contributed by atoms with van der Waals surface area (Å²) < 4.78 is 10.3. The maximum Gasteiger partial charge on any atom is 0.344 e. The SMILES string of the molecule is Nc1ccc(OCC(=O)OCc2ccncc2Cl)cc1. The van der Waals surface area contributed by atoms with E-state index >= 15 is 0 Å². The number of nitrogen functional groups attached to an aromatic ring is 1. The Morgan fingerprint density at radius 1 is 1.25 bits per heavy atom. The van der Waals surface area contributed by atoms with Gasteiger partial charge >= 0.3 is 5.97 Å². The molecule has 0 saturated heterocycles. The van der Waals surface area contributed by atoms with E-state index in [9.17, 15) is 4.79 Å². The van der Waals surface area contributed by atoms with Crippen LogP contribution in [0.25, 0.3) is 0 Å². The van der Waals surface area contributed by atoms with Crippen molar-refractivity contribution in [2.24, 2.45) is 0 Å². The maximum atomic E-state index is 11.5. The molecular formula is C14H13ClN2O3. The van der Waals surface area contributed by atoms with E-state index in [4.69, 9.17) is 26.8 Å². The standard InChI is InChI=1S/C14H13ClN2O3/c15-13-7-17-6-5-10(13)8-20-14(18)9-19-12-3-1-11(16)2-4-12/h1-7H,8-9,16H2. The van der Waals surface area contributed by atoms with Gasteiger partial charge in [-0.3, -0.25) is 4.98 Å². The number of ether oxygens (including phenoxy) is 2. The number of rotatable bonds is 5. The number of carbonyl (C=O) groups is 1. The first-order valence-corrected chi connectivity index (χ1v) is 6.25. The van der Waals surface area contributed by atoms with Crippen molar-refractivity contribution in [3.63, 3.8) is 0 Å². The summed E-state index contributed by atoms with van der Waals surface area (Å²) >= 11 is 5.90. The molecule has 2 N–H and O–H groups in total. The van der Waals surface area contributed by atoms with Crippen LogP contribution in [0.3, 0.4) is 0 Å². The Bertz CT molecular complexity index is 587. The first-order valence-electron chi connectivity index (χ1n) is 5.87. The molecule has 5 nitrogen and oxygen atoms in total. The van der Waals surface area contributed by atoms with Crippen molar-refractivity contribution < 1.29 is 14.3 Å². The molecule has 0 aliphatic rings. The van der Waals surface area contributed by atoms with Crippen LogP contribution < -0.4 is 10.5 Å². The third kappa shape index (κ3) is 4.13. The third-order valence-corrected chi connectivity index (χ3v) is 2.82. The lowest BCUT2D eigenvalue weighted by atomic mass is 10.3. The number of pyridine rings is 1. The third-order valence-electron chi connectivity index (χ3n) is 2.48. The number of hydrogen-bond acceptors (Lipinski definition) is 5. The summed E-state index contributed by atoms with van der Waals surface area (Å²) in [6, 6.07) is 8.44. The smallest absolute Gasteiger partial charge is 0.344 e. The van der Waals surface area contributed by atoms with Gasteiger partial charge in [0.1, 0.15) is 12.4 Å². The number of benzene rings is 1. The highest BCUT2D eigenvalue weighted by atomic mass is 35.5. The molecule has 2 rings (SSSR count). The molecule has 0 spiro atoms. The summed E-state index contributed by atoms with van der Waals surface area (Å²) in [5.41, 5.74) is 6.87. The van der Waals surface area contributed by atoms with Crippen molar-refractivity contribution in [2.75, 3.05) is 12.3 Å². The van der Waals surface area contributed by atoms with Gasteiger partial charge in [-0.05, 0) is 30.3 Å². The van der Waals surface area contributed by atoms with Crippen LogP contribution in [0, 0.1) is 0 Å². The van der Waals surface area contributed by atoms with Crippen LogP contribution in [0.4, 0.5) is 5.69 Å². The molecule has 1 heterocycles. The average molecular weight is 293 g/mol. The summed E-state index contributed by atoms with van der Waals surface area (Å²) in [5, 5.41) is 0.458. The van der Waals surface area contributed by atoms with Crippen LogP contribution in [0.1, 0.15) is 5.56 Å². The van der Waals surface area contributed by atoms with Crippen molar-refractivity contribution in [3.8, 4) is 5.75 Å². The second-order valence-corrected chi connectivity index (χ2v) is 4.39. The number of aromatic nitrogens is 1. The lowest BCUT2D eigenvalue weighted by Gasteiger charge is -2.08. The second kappa shape index (κ2) is 6.77. The van der Waals surface area contributed by atoms with Gasteiger partial charge in [0, 0.05) is 23.6 Å². The van der Waals surface area contributed by atoms with Crippen molar-refractivity contribution in [2.45, 2.75) is 6.61 Å². The molecule has 0 bridgehead atoms. The quantitative estimate of drug-likeness (QED) is 0.677. The molecule has 0 aliphatic carbocycles. The van der Waals surface area contributed by atoms with E-state index in [0.29, 0.717) is 22.0 Å². The lowest BCUT2D eigenvalue weighted by Crippen LogP contribution is -2.14. The average Bonchev–Trinajstić information content (AvgIpc) is 2.46. The minimum atomic E-state index is -0.477. The van der Waals surface area contributed by atoms with E-state index in [-0.39, 0.29) is 13.2 Å². The van der Waals surface area contributed by atoms with Crippen molar-refractivity contribution in [1.29, 1.82) is 0 Å². The van der Waals surface area contributed by atoms with Gasteiger partial charge in [-0.2, -0.15) is 0 Å². The van der Waals surface area contributed by atoms with Crippen LogP contribution in [0.2, 0.25) is 5.02 Å². The topological polar surface area (TPSA) is 74.4 Å². The number of nitrogens with zero attached hydrogens (tertiary/aromatic N) is 1. The zero-order valence-electron chi connectivity index (χ0n) is 10.6. The Hall–Kier alpha value is -2.27. The maximum absolute atomic E-state index is 11.5. The van der Waals surface area contributed by atoms with Gasteiger partial charge in [0.05, 0.1) is 5.02 Å². The zero-order valence-corrected chi connectivity index (χ0v) is 11.3. The van der Waals surface area contributed by atoms with Gasteiger partial charge in [-0.15, -0.1) is 0 Å². The molecule has 104 valence electrons. The van der Waals surface area contributed by atoms with E-state index in [2.05, 4.69) is 4.98 Å². The fraction of sp³-hybridized carbons (Fsp3) is 0.143. The van der Waals surface area contributed by atoms with Gasteiger partial charge in [0.2, 0.25) is 0 Å². The Labute approximate surface area is 121 Å². The van der Waals surface area contributed by atoms with Crippen LogP contribution in [-0.2, 0) is 16.1 Å². The summed E-state index contributed by atoms with van der Waals surface area (Å²) in [7, 11) is 0. The molecule has 0 saturated carbocycles. The molecular weight excluding hydrogens is 280 g/mol. The molecule has 0 amide bonds. The minimum absolute atomic E-state index is 0.0886. The predicted molar refractivity (Wildman–Crippen MR) is 75.4 cm³/mol. The van der Waals surface area contributed by atoms with Crippen LogP contribution in [0.15, 0.2) is 42.7 Å². The van der Waals surface area contributed by atoms with E-state index < -0.39 is 5.97 Å². The first kappa shape index (κ1) is 14.1. The van der Waals surface area contributed by atoms with E-state index in [1.165, 1.54) is 6.20 Å². The molecule has 0 radical (unpaired) electrons. The van der Waals surface area contributed by atoms with Gasteiger partial charge in [-0.1, -0.05) is 11.6 Å². The number of esters is 1. The molecule has 0 fully saturated rings. The van der Waals surface area contributed by atoms with Gasteiger partial charge < -0.3 is 15.2 Å². The van der Waals surface area contributed by atoms with Gasteiger partial charge in [0.15, 0.2) is 6.61 Å². The number of nitrogens with two attached hydrogens (primary N) is 1. The zero-order chi connectivity index (χ0) is 14.4. The molecule has 0 aliphatic heterocycles. The number of anilines is 1. The largest absolute Gasteiger partial charge is 0.482 e. The van der Waals surface area contributed by atoms with E-state index in [1.54, 1.807) is 36.5 Å². The normalized spacial score (nSPS) is 10.1. The summed E-state index contributed by atoms with van der Waals surface area (Å²) in [5.74, 6) is 0.0767. The Morgan fingerprint density at radius 2 is 2.00 bits per heavy atom. The Kier molecular flexibility index (Phi) is 4.79. The number of halogens is 1. The summed E-state index contributed by atoms with van der Waals surface area (Å²) in [6.07, 6.45) is 3.08. The molecule has 2 aromatic rings. The summed E-state index contributed by atoms with van der Waals surface area (Å²) in [4.78, 5) is 15.4. The Balaban J connectivity index is 1.78. The highest BCUT2D eigenvalue weighted by Gasteiger charge is 2.07. The lowest BCUT2D eigenvalue weighted by molar-refractivity contribution is -0.147. The fourth-order valence-electron chi connectivity index (χ4n) is 1.43. The highest BCUT2D eigenvalue weighted by Crippen LogP contribution is 2.15. The molecule has 1 aromatic carbocycles. The van der Waals surface area contributed by atoms with Gasteiger partial charge in [0.25, 0.3) is 0 Å². The summed E-state index contributed by atoms with van der Waals surface area (Å²) in [6.45, 7) is -0.0854. The molecule has 0 atom stereocenters. The molecule has 20 heavy (non-hydrogen) atoms. The van der Waals surface area contributed by atoms with Crippen LogP contribution in [0.5, 0.6) is 5.75 Å². The van der Waals surface area contributed by atoms with Gasteiger partial charge in [-0.25, -0.2) is 4.79 Å². The molecule has 1 aromatic heterocycles. The fourth-order valence-corrected chi connectivity index (χ4v) is 1.60. The second-order valence-electron chi connectivity index (χ2n) is 3.99. The minimum Gasteiger partial charge on any atom is -0.482 e. The van der Waals surface area contributed by atoms with Crippen LogP contribution in [-0.4, -0.2) is 17.6 Å². The highest BCUT2D eigenvalue weighted by molar-refractivity contribution is 6.31. The van der Waals surface area contributed by atoms with E-state index in [0.717, 1.165) is 0 Å². The number of carbonyl (C=O) groups excluding carboxylic acids is 1. The first-order chi connectivity index (χ1) is 9.65. The van der Waals surface area contributed by atoms with Crippen molar-refractivity contribution in [3.05, 3.63) is 53.3 Å². The van der Waals surface area contributed by atoms with Crippen LogP contribution >= 0.6 is 11.6 Å².